The Morgan fingerprint density at radius 3 is 2.79 bits per heavy atom. The standard InChI is InChI=1S/C16H20IN3O3S/c1-9(21)18-14-8-20(16(3,23-14)15(17)22)11-5-6-12-13(7-11)24-10(2)19(12)4/h5-7,10,14H,8H2,1-4H3,(H,18,21)/t10?,14-,16?/m0/s1. The number of thioether (sulfide) groups is 1. The number of amides is 1. The Morgan fingerprint density at radius 2 is 2.17 bits per heavy atom. The van der Waals surface area contributed by atoms with Crippen molar-refractivity contribution in [2.24, 2.45) is 0 Å². The first kappa shape index (κ1) is 17.8. The van der Waals surface area contributed by atoms with Crippen molar-refractivity contribution in [1.82, 2.24) is 5.32 Å². The number of benzene rings is 1. The van der Waals surface area contributed by atoms with E-state index in [0.717, 1.165) is 5.69 Å². The summed E-state index contributed by atoms with van der Waals surface area (Å²) < 4.78 is 5.75. The number of rotatable bonds is 3. The van der Waals surface area contributed by atoms with Crippen LogP contribution in [0.3, 0.4) is 0 Å². The van der Waals surface area contributed by atoms with E-state index < -0.39 is 12.0 Å². The lowest BCUT2D eigenvalue weighted by molar-refractivity contribution is -0.135. The summed E-state index contributed by atoms with van der Waals surface area (Å²) in [6.07, 6.45) is -0.506. The number of anilines is 2. The van der Waals surface area contributed by atoms with Crippen LogP contribution in [0.4, 0.5) is 11.4 Å². The van der Waals surface area contributed by atoms with Crippen molar-refractivity contribution in [2.75, 3.05) is 23.4 Å². The van der Waals surface area contributed by atoms with Gasteiger partial charge in [0, 0.05) is 47.1 Å². The van der Waals surface area contributed by atoms with Gasteiger partial charge in [-0.3, -0.25) is 9.59 Å². The molecule has 8 heteroatoms. The molecule has 2 unspecified atom stereocenters. The molecule has 0 spiro atoms. The number of hydrogen-bond donors (Lipinski definition) is 1. The highest BCUT2D eigenvalue weighted by Gasteiger charge is 2.48. The van der Waals surface area contributed by atoms with E-state index in [4.69, 9.17) is 4.74 Å². The molecule has 0 aliphatic carbocycles. The topological polar surface area (TPSA) is 61.9 Å². The zero-order chi connectivity index (χ0) is 17.6. The number of carbonyl (C=O) groups is 2. The first-order chi connectivity index (χ1) is 11.2. The van der Waals surface area contributed by atoms with Gasteiger partial charge >= 0.3 is 0 Å². The first-order valence-corrected chi connectivity index (χ1v) is 9.64. The van der Waals surface area contributed by atoms with Gasteiger partial charge in [-0.2, -0.15) is 0 Å². The van der Waals surface area contributed by atoms with Gasteiger partial charge < -0.3 is 19.9 Å². The molecule has 1 saturated heterocycles. The summed E-state index contributed by atoms with van der Waals surface area (Å²) in [5.41, 5.74) is 1.02. The Kier molecular flexibility index (Phi) is 4.73. The molecule has 1 amide bonds. The number of carbonyl (C=O) groups excluding carboxylic acids is 2. The molecule has 2 aliphatic rings. The third-order valence-corrected chi connectivity index (χ3v) is 6.68. The molecule has 2 aliphatic heterocycles. The monoisotopic (exact) mass is 461 g/mol. The molecule has 3 atom stereocenters. The van der Waals surface area contributed by atoms with E-state index in [9.17, 15) is 9.59 Å². The van der Waals surface area contributed by atoms with E-state index in [-0.39, 0.29) is 9.70 Å². The maximum Gasteiger partial charge on any atom is 0.244 e. The Hall–Kier alpha value is -1.000. The first-order valence-electron chi connectivity index (χ1n) is 7.68. The van der Waals surface area contributed by atoms with Crippen molar-refractivity contribution < 1.29 is 14.3 Å². The summed E-state index contributed by atoms with van der Waals surface area (Å²) in [7, 11) is 2.08. The smallest absolute Gasteiger partial charge is 0.244 e. The third kappa shape index (κ3) is 2.99. The Balaban J connectivity index is 1.93. The van der Waals surface area contributed by atoms with Gasteiger partial charge in [0.05, 0.1) is 17.6 Å². The quantitative estimate of drug-likeness (QED) is 0.552. The second kappa shape index (κ2) is 6.38. The molecule has 3 rings (SSSR count). The summed E-state index contributed by atoms with van der Waals surface area (Å²) >= 11 is 3.55. The maximum atomic E-state index is 12.2. The SMILES string of the molecule is CC(=O)N[C@@H]1CN(c2ccc3c(c2)SC(C)N3C)C(C)(C(=O)I)O1. The predicted molar refractivity (Wildman–Crippen MR) is 104 cm³/mol. The average Bonchev–Trinajstić information content (AvgIpc) is 2.97. The lowest BCUT2D eigenvalue weighted by Gasteiger charge is -2.32. The molecule has 0 radical (unpaired) electrons. The highest BCUT2D eigenvalue weighted by Crippen LogP contribution is 2.45. The second-order valence-electron chi connectivity index (χ2n) is 6.15. The molecule has 1 aromatic rings. The summed E-state index contributed by atoms with van der Waals surface area (Å²) in [5, 5.41) is 3.13. The van der Waals surface area contributed by atoms with Crippen LogP contribution in [0.25, 0.3) is 0 Å². The van der Waals surface area contributed by atoms with Crippen LogP contribution in [-0.4, -0.2) is 40.6 Å². The molecule has 0 bridgehead atoms. The second-order valence-corrected chi connectivity index (χ2v) is 8.49. The fourth-order valence-corrected chi connectivity index (χ4v) is 4.62. The molecule has 1 aromatic carbocycles. The van der Waals surface area contributed by atoms with E-state index in [1.54, 1.807) is 41.3 Å². The Labute approximate surface area is 159 Å². The zero-order valence-corrected chi connectivity index (χ0v) is 17.0. The number of halogens is 1. The largest absolute Gasteiger partial charge is 0.362 e. The van der Waals surface area contributed by atoms with Crippen LogP contribution in [0.2, 0.25) is 0 Å². The summed E-state index contributed by atoms with van der Waals surface area (Å²) in [6, 6.07) is 6.17. The van der Waals surface area contributed by atoms with Gasteiger partial charge in [0.1, 0.15) is 0 Å². The molecule has 2 heterocycles. The maximum absolute atomic E-state index is 12.2. The van der Waals surface area contributed by atoms with Crippen LogP contribution in [0.15, 0.2) is 23.1 Å². The van der Waals surface area contributed by atoms with E-state index in [1.165, 1.54) is 17.5 Å². The van der Waals surface area contributed by atoms with Gasteiger partial charge in [-0.25, -0.2) is 0 Å². The van der Waals surface area contributed by atoms with E-state index in [1.807, 2.05) is 11.0 Å². The Bertz CT molecular complexity index is 701. The van der Waals surface area contributed by atoms with E-state index >= 15 is 0 Å². The van der Waals surface area contributed by atoms with Crippen molar-refractivity contribution in [3.63, 3.8) is 0 Å². The summed E-state index contributed by atoms with van der Waals surface area (Å²) in [4.78, 5) is 28.9. The fourth-order valence-electron chi connectivity index (χ4n) is 3.04. The van der Waals surface area contributed by atoms with Crippen LogP contribution in [0.5, 0.6) is 0 Å². The number of nitrogens with zero attached hydrogens (tertiary/aromatic N) is 2. The number of hydrogen-bond acceptors (Lipinski definition) is 6. The van der Waals surface area contributed by atoms with Crippen LogP contribution in [0, 0.1) is 0 Å². The minimum Gasteiger partial charge on any atom is -0.362 e. The lowest BCUT2D eigenvalue weighted by atomic mass is 10.2. The number of nitrogens with one attached hydrogen (secondary N) is 1. The van der Waals surface area contributed by atoms with Gasteiger partial charge in [0.15, 0.2) is 6.23 Å². The van der Waals surface area contributed by atoms with Gasteiger partial charge in [-0.05, 0) is 32.0 Å². The number of ether oxygens (including phenoxy) is 1. The highest BCUT2D eigenvalue weighted by molar-refractivity contribution is 14.1. The molecule has 130 valence electrons. The van der Waals surface area contributed by atoms with Crippen LogP contribution < -0.4 is 15.1 Å². The van der Waals surface area contributed by atoms with Crippen molar-refractivity contribution in [1.29, 1.82) is 0 Å². The molecule has 1 N–H and O–H groups in total. The summed E-state index contributed by atoms with van der Waals surface area (Å²) in [5.74, 6) is -0.176. The van der Waals surface area contributed by atoms with Crippen LogP contribution >= 0.6 is 34.4 Å². The Morgan fingerprint density at radius 1 is 1.46 bits per heavy atom. The normalized spacial score (nSPS) is 28.9. The molecule has 0 aromatic heterocycles. The molecular weight excluding hydrogens is 441 g/mol. The van der Waals surface area contributed by atoms with Gasteiger partial charge in [0.2, 0.25) is 15.4 Å². The molecule has 24 heavy (non-hydrogen) atoms. The van der Waals surface area contributed by atoms with Gasteiger partial charge in [-0.1, -0.05) is 11.8 Å². The summed E-state index contributed by atoms with van der Waals surface area (Å²) in [6.45, 7) is 5.78. The number of fused-ring (bicyclic) bond motifs is 1. The van der Waals surface area contributed by atoms with Crippen molar-refractivity contribution in [2.45, 2.75) is 43.0 Å². The van der Waals surface area contributed by atoms with Crippen LogP contribution in [-0.2, 0) is 14.3 Å². The molecule has 1 fully saturated rings. The van der Waals surface area contributed by atoms with E-state index in [0.29, 0.717) is 11.9 Å². The zero-order valence-electron chi connectivity index (χ0n) is 14.0. The molecular formula is C16H20IN3O3S. The molecule has 6 nitrogen and oxygen atoms in total. The third-order valence-electron chi connectivity index (χ3n) is 4.44. The van der Waals surface area contributed by atoms with Crippen molar-refractivity contribution in [3.05, 3.63) is 18.2 Å². The van der Waals surface area contributed by atoms with Gasteiger partial charge in [0.25, 0.3) is 0 Å². The van der Waals surface area contributed by atoms with E-state index in [2.05, 4.69) is 36.3 Å². The predicted octanol–water partition coefficient (Wildman–Crippen LogP) is 2.55. The molecule has 0 saturated carbocycles. The highest BCUT2D eigenvalue weighted by atomic mass is 127. The van der Waals surface area contributed by atoms with Gasteiger partial charge in [-0.15, -0.1) is 0 Å². The fraction of sp³-hybridized carbons (Fsp3) is 0.500. The van der Waals surface area contributed by atoms with Crippen LogP contribution in [0.1, 0.15) is 20.8 Å². The minimum atomic E-state index is -1.09. The average molecular weight is 461 g/mol. The lowest BCUT2D eigenvalue weighted by Crippen LogP contribution is -2.47. The minimum absolute atomic E-state index is 0.119. The van der Waals surface area contributed by atoms with Crippen molar-refractivity contribution in [3.8, 4) is 0 Å². The van der Waals surface area contributed by atoms with Crippen molar-refractivity contribution >= 4 is 55.4 Å².